The first-order valence-corrected chi connectivity index (χ1v) is 7.70. The Labute approximate surface area is 134 Å². The molecule has 1 aromatic carbocycles. The van der Waals surface area contributed by atoms with Crippen molar-refractivity contribution in [1.82, 2.24) is 4.90 Å². The average Bonchev–Trinajstić information content (AvgIpc) is 2.88. The van der Waals surface area contributed by atoms with Gasteiger partial charge in [0.1, 0.15) is 0 Å². The number of aryl methyl sites for hydroxylation is 1. The highest BCUT2D eigenvalue weighted by Gasteiger charge is 2.30. The van der Waals surface area contributed by atoms with Crippen LogP contribution in [0.25, 0.3) is 5.70 Å². The Balaban J connectivity index is 2.22. The Morgan fingerprint density at radius 1 is 1.45 bits per heavy atom. The van der Waals surface area contributed by atoms with E-state index in [4.69, 9.17) is 0 Å². The number of hydrogen-bond donors (Lipinski definition) is 0. The van der Waals surface area contributed by atoms with Crippen LogP contribution in [0.1, 0.15) is 31.4 Å². The lowest BCUT2D eigenvalue weighted by atomic mass is 10.0. The summed E-state index contributed by atoms with van der Waals surface area (Å²) in [7, 11) is 0. The lowest BCUT2D eigenvalue weighted by Crippen LogP contribution is -2.27. The van der Waals surface area contributed by atoms with Crippen LogP contribution in [0.3, 0.4) is 0 Å². The van der Waals surface area contributed by atoms with Gasteiger partial charge in [0.25, 0.3) is 0 Å². The summed E-state index contributed by atoms with van der Waals surface area (Å²) in [5.41, 5.74) is 4.24. The maximum atomic E-state index is 4.32. The van der Waals surface area contributed by atoms with Gasteiger partial charge in [-0.2, -0.15) is 0 Å². The van der Waals surface area contributed by atoms with Crippen molar-refractivity contribution in [3.63, 3.8) is 0 Å². The van der Waals surface area contributed by atoms with Crippen molar-refractivity contribution >= 4 is 18.1 Å². The smallest absolute Gasteiger partial charge is 0.0715 e. The lowest BCUT2D eigenvalue weighted by Gasteiger charge is -2.28. The molecule has 114 valence electrons. The van der Waals surface area contributed by atoms with Crippen molar-refractivity contribution < 1.29 is 0 Å². The predicted molar refractivity (Wildman–Crippen MR) is 96.3 cm³/mol. The summed E-state index contributed by atoms with van der Waals surface area (Å²) in [5, 5.41) is 0. The highest BCUT2D eigenvalue weighted by Crippen LogP contribution is 2.35. The third kappa shape index (κ3) is 3.31. The highest BCUT2D eigenvalue weighted by molar-refractivity contribution is 5.74. The zero-order chi connectivity index (χ0) is 16.1. The van der Waals surface area contributed by atoms with Crippen LogP contribution in [0.2, 0.25) is 0 Å². The molecule has 1 aliphatic heterocycles. The van der Waals surface area contributed by atoms with Gasteiger partial charge in [0, 0.05) is 23.8 Å². The maximum absolute atomic E-state index is 4.32. The summed E-state index contributed by atoms with van der Waals surface area (Å²) in [6.07, 6.45) is 5.32. The van der Waals surface area contributed by atoms with E-state index in [1.54, 1.807) is 0 Å². The Morgan fingerprint density at radius 2 is 2.23 bits per heavy atom. The minimum absolute atomic E-state index is 0.417. The quantitative estimate of drug-likeness (QED) is 0.585. The molecule has 0 bridgehead atoms. The number of likely N-dealkylation sites (tertiary alicyclic amines) is 1. The van der Waals surface area contributed by atoms with Crippen molar-refractivity contribution in [3.8, 4) is 11.8 Å². The average molecular weight is 292 g/mol. The number of aliphatic imine (C=N–C) groups is 1. The standard InChI is InChI=1S/C20H24N2/c1-6-7-8-9-18-12-13-22(16(18)3)17(4)19-14-15(2)10-11-20(19)21-5/h8-11,14,16,18H,4-5,12-13H2,1-3H3/b9-8-. The zero-order valence-corrected chi connectivity index (χ0v) is 13.8. The van der Waals surface area contributed by atoms with Gasteiger partial charge in [-0.05, 0) is 58.0 Å². The van der Waals surface area contributed by atoms with Gasteiger partial charge in [-0.3, -0.25) is 4.99 Å². The second-order valence-electron chi connectivity index (χ2n) is 5.77. The summed E-state index contributed by atoms with van der Waals surface area (Å²) in [6.45, 7) is 15.2. The van der Waals surface area contributed by atoms with Gasteiger partial charge in [-0.25, -0.2) is 0 Å². The Kier molecular flexibility index (Phi) is 5.22. The van der Waals surface area contributed by atoms with Gasteiger partial charge in [0.05, 0.1) is 5.69 Å². The number of benzene rings is 1. The molecule has 2 heteroatoms. The van der Waals surface area contributed by atoms with Crippen molar-refractivity contribution in [2.24, 2.45) is 10.9 Å². The summed E-state index contributed by atoms with van der Waals surface area (Å²) >= 11 is 0. The van der Waals surface area contributed by atoms with Crippen LogP contribution >= 0.6 is 0 Å². The SMILES string of the molecule is C=Nc1ccc(C)cc1C(=C)N1CCC(/C=C\C#CC)C1C. The number of rotatable bonds is 4. The Hall–Kier alpha value is -2.27. The first-order chi connectivity index (χ1) is 10.6. The van der Waals surface area contributed by atoms with Gasteiger partial charge in [-0.15, -0.1) is 5.92 Å². The van der Waals surface area contributed by atoms with E-state index < -0.39 is 0 Å². The van der Waals surface area contributed by atoms with Crippen LogP contribution in [0.4, 0.5) is 5.69 Å². The van der Waals surface area contributed by atoms with Crippen LogP contribution in [0.15, 0.2) is 41.9 Å². The summed E-state index contributed by atoms with van der Waals surface area (Å²) in [5.74, 6) is 6.42. The molecule has 0 saturated carbocycles. The molecule has 22 heavy (non-hydrogen) atoms. The molecule has 1 aromatic rings. The van der Waals surface area contributed by atoms with E-state index in [-0.39, 0.29) is 0 Å². The summed E-state index contributed by atoms with van der Waals surface area (Å²) < 4.78 is 0. The first-order valence-electron chi connectivity index (χ1n) is 7.70. The largest absolute Gasteiger partial charge is 0.368 e. The fourth-order valence-electron chi connectivity index (χ4n) is 3.03. The fourth-order valence-corrected chi connectivity index (χ4v) is 3.03. The molecule has 0 N–H and O–H groups in total. The molecule has 0 amide bonds. The van der Waals surface area contributed by atoms with Crippen LogP contribution in [0, 0.1) is 24.7 Å². The second kappa shape index (κ2) is 7.13. The Bertz CT molecular complexity index is 658. The number of nitrogens with zero attached hydrogens (tertiary/aromatic N) is 2. The molecule has 2 nitrogen and oxygen atoms in total. The third-order valence-electron chi connectivity index (χ3n) is 4.37. The normalized spacial score (nSPS) is 20.8. The molecule has 0 radical (unpaired) electrons. The van der Waals surface area contributed by atoms with E-state index in [1.165, 1.54) is 5.56 Å². The maximum Gasteiger partial charge on any atom is 0.0715 e. The Morgan fingerprint density at radius 3 is 2.91 bits per heavy atom. The fraction of sp³-hybridized carbons (Fsp3) is 0.350. The zero-order valence-electron chi connectivity index (χ0n) is 13.8. The van der Waals surface area contributed by atoms with Crippen molar-refractivity contribution in [3.05, 3.63) is 48.1 Å². The second-order valence-corrected chi connectivity index (χ2v) is 5.77. The molecule has 0 aliphatic carbocycles. The van der Waals surface area contributed by atoms with E-state index in [0.29, 0.717) is 12.0 Å². The van der Waals surface area contributed by atoms with Gasteiger partial charge < -0.3 is 4.90 Å². The van der Waals surface area contributed by atoms with Crippen molar-refractivity contribution in [2.45, 2.75) is 33.2 Å². The molecule has 2 atom stereocenters. The van der Waals surface area contributed by atoms with Gasteiger partial charge in [0.15, 0.2) is 0 Å². The minimum atomic E-state index is 0.417. The van der Waals surface area contributed by atoms with Crippen LogP contribution < -0.4 is 0 Å². The van der Waals surface area contributed by atoms with Gasteiger partial charge in [0.2, 0.25) is 0 Å². The third-order valence-corrected chi connectivity index (χ3v) is 4.37. The van der Waals surface area contributed by atoms with Crippen LogP contribution in [-0.2, 0) is 0 Å². The van der Waals surface area contributed by atoms with E-state index in [1.807, 2.05) is 19.1 Å². The lowest BCUT2D eigenvalue weighted by molar-refractivity contribution is 0.368. The van der Waals surface area contributed by atoms with E-state index in [0.717, 1.165) is 29.9 Å². The molecule has 1 fully saturated rings. The van der Waals surface area contributed by atoms with Crippen LogP contribution in [-0.4, -0.2) is 24.2 Å². The van der Waals surface area contributed by atoms with Gasteiger partial charge >= 0.3 is 0 Å². The molecule has 0 aromatic heterocycles. The molecule has 1 saturated heterocycles. The molecular weight excluding hydrogens is 268 g/mol. The topological polar surface area (TPSA) is 15.6 Å². The number of hydrogen-bond acceptors (Lipinski definition) is 2. The number of allylic oxidation sites excluding steroid dienone is 1. The van der Waals surface area contributed by atoms with Gasteiger partial charge in [-0.1, -0.05) is 30.2 Å². The molecular formula is C20H24N2. The van der Waals surface area contributed by atoms with Crippen LogP contribution in [0.5, 0.6) is 0 Å². The minimum Gasteiger partial charge on any atom is -0.368 e. The first kappa shape index (κ1) is 16.1. The van der Waals surface area contributed by atoms with Crippen molar-refractivity contribution in [2.75, 3.05) is 6.54 Å². The summed E-state index contributed by atoms with van der Waals surface area (Å²) in [6, 6.07) is 6.63. The summed E-state index contributed by atoms with van der Waals surface area (Å²) in [4.78, 5) is 6.51. The van der Waals surface area contributed by atoms with E-state index in [2.05, 4.69) is 67.1 Å². The van der Waals surface area contributed by atoms with E-state index >= 15 is 0 Å². The molecule has 2 rings (SSSR count). The molecule has 0 spiro atoms. The monoisotopic (exact) mass is 292 g/mol. The van der Waals surface area contributed by atoms with Crippen molar-refractivity contribution in [1.29, 1.82) is 0 Å². The molecule has 2 unspecified atom stereocenters. The highest BCUT2D eigenvalue weighted by atomic mass is 15.2. The predicted octanol–water partition coefficient (Wildman–Crippen LogP) is 4.59. The van der Waals surface area contributed by atoms with E-state index in [9.17, 15) is 0 Å². The molecule has 1 aliphatic rings. The molecule has 1 heterocycles.